The molecule has 9 nitrogen and oxygen atoms in total. The fraction of sp³-hybridized carbons (Fsp3) is 0.318. The maximum atomic E-state index is 12.2. The van der Waals surface area contributed by atoms with Crippen molar-refractivity contribution >= 4 is 28.8 Å². The zero-order chi connectivity index (χ0) is 23.3. The van der Waals surface area contributed by atoms with Crippen LogP contribution < -0.4 is 10.6 Å². The van der Waals surface area contributed by atoms with Crippen LogP contribution in [-0.2, 0) is 31.7 Å². The first kappa shape index (κ1) is 25.0. The minimum Gasteiger partial charge on any atom is -0.480 e. The molecule has 0 heterocycles. The molecule has 10 heteroatoms. The molecular formula is C22H26N2O7S. The molecule has 0 bridgehead atoms. The topological polar surface area (TPSA) is 142 Å². The number of hydrogen-bond donors (Lipinski definition) is 4. The fourth-order valence-electron chi connectivity index (χ4n) is 2.69. The largest absolute Gasteiger partial charge is 0.480 e. The predicted octanol–water partition coefficient (Wildman–Crippen LogP) is 1.43. The summed E-state index contributed by atoms with van der Waals surface area (Å²) in [6.07, 6.45) is -2.43. The third-order valence-corrected chi connectivity index (χ3v) is 5.75. The number of carboxylic acid groups (broad SMARTS) is 1. The van der Waals surface area contributed by atoms with Gasteiger partial charge in [0.05, 0.1) is 23.3 Å². The normalized spacial score (nSPS) is 13.4. The lowest BCUT2D eigenvalue weighted by Gasteiger charge is -2.16. The van der Waals surface area contributed by atoms with E-state index in [1.54, 1.807) is 42.5 Å². The molecule has 32 heavy (non-hydrogen) atoms. The van der Waals surface area contributed by atoms with Gasteiger partial charge in [-0.2, -0.15) is 0 Å². The first-order valence-electron chi connectivity index (χ1n) is 9.93. The number of benzene rings is 2. The fourth-order valence-corrected chi connectivity index (χ4v) is 3.83. The number of carboxylic acids is 1. The standard InChI is InChI=1S/C22H26N2O7S/c25-17(14-23-22(29)31-15-16-7-3-1-4-8-16)13-20(26)24-19(21(27)28)11-12-32(30)18-9-5-2-6-10-18/h1-10,17,19,25H,11-15H2,(H,23,29)(H,24,26)(H,27,28)/t17-,19+,32-/m1/s1. The van der Waals surface area contributed by atoms with E-state index < -0.39 is 47.3 Å². The van der Waals surface area contributed by atoms with Crippen LogP contribution in [0.2, 0.25) is 0 Å². The molecule has 0 aliphatic carbocycles. The van der Waals surface area contributed by atoms with Gasteiger partial charge < -0.3 is 25.6 Å². The molecule has 0 fully saturated rings. The highest BCUT2D eigenvalue weighted by Gasteiger charge is 2.22. The number of nitrogens with one attached hydrogen (secondary N) is 2. The van der Waals surface area contributed by atoms with Gasteiger partial charge in [-0.1, -0.05) is 48.5 Å². The van der Waals surface area contributed by atoms with Gasteiger partial charge in [0.1, 0.15) is 12.6 Å². The summed E-state index contributed by atoms with van der Waals surface area (Å²) in [4.78, 5) is 35.8. The van der Waals surface area contributed by atoms with Crippen molar-refractivity contribution < 1.29 is 33.5 Å². The maximum absolute atomic E-state index is 12.2. The van der Waals surface area contributed by atoms with Gasteiger partial charge in [-0.15, -0.1) is 0 Å². The van der Waals surface area contributed by atoms with Crippen molar-refractivity contribution in [3.05, 3.63) is 66.2 Å². The lowest BCUT2D eigenvalue weighted by atomic mass is 10.2. The van der Waals surface area contributed by atoms with Crippen molar-refractivity contribution in [1.82, 2.24) is 10.6 Å². The monoisotopic (exact) mass is 462 g/mol. The molecule has 172 valence electrons. The number of carbonyl (C=O) groups is 3. The highest BCUT2D eigenvalue weighted by molar-refractivity contribution is 7.85. The molecule has 2 aromatic carbocycles. The van der Waals surface area contributed by atoms with Gasteiger partial charge in [0, 0.05) is 17.2 Å². The molecule has 0 radical (unpaired) electrons. The number of rotatable bonds is 12. The molecule has 0 saturated heterocycles. The van der Waals surface area contributed by atoms with Crippen LogP contribution in [0, 0.1) is 0 Å². The van der Waals surface area contributed by atoms with Crippen LogP contribution in [0.1, 0.15) is 18.4 Å². The van der Waals surface area contributed by atoms with Crippen molar-refractivity contribution in [2.45, 2.75) is 36.5 Å². The Morgan fingerprint density at radius 1 is 1.00 bits per heavy atom. The molecular weight excluding hydrogens is 436 g/mol. The highest BCUT2D eigenvalue weighted by atomic mass is 32.2. The van der Waals surface area contributed by atoms with Crippen molar-refractivity contribution in [2.24, 2.45) is 0 Å². The molecule has 0 aliphatic heterocycles. The van der Waals surface area contributed by atoms with E-state index in [2.05, 4.69) is 10.6 Å². The van der Waals surface area contributed by atoms with E-state index in [-0.39, 0.29) is 25.3 Å². The van der Waals surface area contributed by atoms with Gasteiger partial charge in [-0.05, 0) is 24.1 Å². The van der Waals surface area contributed by atoms with Gasteiger partial charge in [-0.3, -0.25) is 9.00 Å². The molecule has 4 N–H and O–H groups in total. The van der Waals surface area contributed by atoms with Crippen LogP contribution in [0.5, 0.6) is 0 Å². The molecule has 0 aromatic heterocycles. The van der Waals surface area contributed by atoms with Crippen molar-refractivity contribution in [3.8, 4) is 0 Å². The molecule has 0 spiro atoms. The number of aliphatic hydroxyl groups excluding tert-OH is 1. The summed E-state index contributed by atoms with van der Waals surface area (Å²) in [5.74, 6) is -1.91. The number of amides is 2. The zero-order valence-electron chi connectivity index (χ0n) is 17.3. The smallest absolute Gasteiger partial charge is 0.407 e. The van der Waals surface area contributed by atoms with Crippen molar-refractivity contribution in [1.29, 1.82) is 0 Å². The maximum Gasteiger partial charge on any atom is 0.407 e. The molecule has 3 atom stereocenters. The highest BCUT2D eigenvalue weighted by Crippen LogP contribution is 2.08. The molecule has 0 unspecified atom stereocenters. The van der Waals surface area contributed by atoms with E-state index in [1.165, 1.54) is 0 Å². The number of carbonyl (C=O) groups excluding carboxylic acids is 2. The first-order chi connectivity index (χ1) is 15.3. The third kappa shape index (κ3) is 9.27. The Bertz CT molecular complexity index is 909. The summed E-state index contributed by atoms with van der Waals surface area (Å²) in [6.45, 7) is -0.176. The van der Waals surface area contributed by atoms with Crippen molar-refractivity contribution in [3.63, 3.8) is 0 Å². The molecule has 2 amide bonds. The predicted molar refractivity (Wildman–Crippen MR) is 117 cm³/mol. The van der Waals surface area contributed by atoms with Gasteiger partial charge in [0.2, 0.25) is 5.91 Å². The van der Waals surface area contributed by atoms with Crippen LogP contribution in [0.25, 0.3) is 0 Å². The van der Waals surface area contributed by atoms with E-state index in [0.29, 0.717) is 4.90 Å². The summed E-state index contributed by atoms with van der Waals surface area (Å²) < 4.78 is 17.2. The Morgan fingerprint density at radius 2 is 1.62 bits per heavy atom. The number of aliphatic carboxylic acids is 1. The Labute approximate surface area is 188 Å². The Morgan fingerprint density at radius 3 is 2.25 bits per heavy atom. The number of hydrogen-bond acceptors (Lipinski definition) is 6. The Kier molecular flexibility index (Phi) is 10.3. The number of alkyl carbamates (subject to hydrolysis) is 1. The summed E-state index contributed by atoms with van der Waals surface area (Å²) in [5.41, 5.74) is 0.801. The number of ether oxygens (including phenoxy) is 1. The second kappa shape index (κ2) is 13.2. The molecule has 2 rings (SSSR count). The second-order valence-electron chi connectivity index (χ2n) is 6.91. The van der Waals surface area contributed by atoms with E-state index in [4.69, 9.17) is 4.74 Å². The number of aliphatic hydroxyl groups is 1. The average molecular weight is 463 g/mol. The lowest BCUT2D eigenvalue weighted by Crippen LogP contribution is -2.44. The second-order valence-corrected chi connectivity index (χ2v) is 8.48. The van der Waals surface area contributed by atoms with Gasteiger partial charge >= 0.3 is 12.1 Å². The van der Waals surface area contributed by atoms with Crippen LogP contribution >= 0.6 is 0 Å². The lowest BCUT2D eigenvalue weighted by molar-refractivity contribution is -0.142. The minimum atomic E-state index is -1.40. The Balaban J connectivity index is 1.70. The van der Waals surface area contributed by atoms with Gasteiger partial charge in [-0.25, -0.2) is 9.59 Å². The molecule has 0 aliphatic rings. The van der Waals surface area contributed by atoms with Crippen LogP contribution in [-0.4, -0.2) is 56.8 Å². The van der Waals surface area contributed by atoms with E-state index >= 15 is 0 Å². The first-order valence-corrected chi connectivity index (χ1v) is 11.2. The van der Waals surface area contributed by atoms with Crippen LogP contribution in [0.3, 0.4) is 0 Å². The molecule has 0 saturated carbocycles. The van der Waals surface area contributed by atoms with Crippen LogP contribution in [0.15, 0.2) is 65.6 Å². The van der Waals surface area contributed by atoms with E-state index in [1.807, 2.05) is 18.2 Å². The molecule has 2 aromatic rings. The Hall–Kier alpha value is -3.24. The van der Waals surface area contributed by atoms with Gasteiger partial charge in [0.25, 0.3) is 0 Å². The quantitative estimate of drug-likeness (QED) is 0.374. The van der Waals surface area contributed by atoms with E-state index in [0.717, 1.165) is 5.56 Å². The minimum absolute atomic E-state index is 0.0390. The zero-order valence-corrected chi connectivity index (χ0v) is 18.1. The van der Waals surface area contributed by atoms with Crippen molar-refractivity contribution in [2.75, 3.05) is 12.3 Å². The SMILES string of the molecule is O=C(C[C@@H](O)CNC(=O)OCc1ccccc1)N[C@@H](CC[S@@](=O)c1ccccc1)C(=O)O. The van der Waals surface area contributed by atoms with Crippen LogP contribution in [0.4, 0.5) is 4.79 Å². The van der Waals surface area contributed by atoms with E-state index in [9.17, 15) is 28.8 Å². The summed E-state index contributed by atoms with van der Waals surface area (Å²) in [6, 6.07) is 16.4. The summed E-state index contributed by atoms with van der Waals surface area (Å²) in [7, 11) is -1.40. The summed E-state index contributed by atoms with van der Waals surface area (Å²) >= 11 is 0. The van der Waals surface area contributed by atoms with Gasteiger partial charge in [0.15, 0.2) is 0 Å². The average Bonchev–Trinajstić information content (AvgIpc) is 2.79. The summed E-state index contributed by atoms with van der Waals surface area (Å²) in [5, 5.41) is 23.9. The third-order valence-electron chi connectivity index (χ3n) is 4.35.